The summed E-state index contributed by atoms with van der Waals surface area (Å²) in [6, 6.07) is 10.3. The molecule has 0 radical (unpaired) electrons. The number of piperazine rings is 1. The molecule has 0 aliphatic carbocycles. The number of para-hydroxylation sites is 1. The zero-order chi connectivity index (χ0) is 23.6. The highest BCUT2D eigenvalue weighted by molar-refractivity contribution is 5.95. The number of nitrogens with one attached hydrogen (secondary N) is 1. The average molecular weight is 458 g/mol. The Labute approximate surface area is 189 Å². The molecule has 0 unspecified atom stereocenters. The quantitative estimate of drug-likeness (QED) is 0.636. The Hall–Kier alpha value is -3.40. The van der Waals surface area contributed by atoms with Gasteiger partial charge in [-0.3, -0.25) is 4.79 Å². The van der Waals surface area contributed by atoms with Crippen molar-refractivity contribution in [3.8, 4) is 5.69 Å². The number of carbonyl (C=O) groups excluding carboxylic acids is 1. The maximum atomic E-state index is 13.9. The monoisotopic (exact) mass is 458 g/mol. The number of hydrogen-bond donors (Lipinski definition) is 1. The summed E-state index contributed by atoms with van der Waals surface area (Å²) in [4.78, 5) is 21.5. The Balaban J connectivity index is 1.48. The number of hydrogen-bond acceptors (Lipinski definition) is 5. The summed E-state index contributed by atoms with van der Waals surface area (Å²) in [6.45, 7) is 5.42. The lowest BCUT2D eigenvalue weighted by Crippen LogP contribution is -2.44. The molecule has 1 aromatic carbocycles. The largest absolute Gasteiger partial charge is 0.434 e. The second kappa shape index (κ2) is 9.22. The number of halogens is 3. The summed E-state index contributed by atoms with van der Waals surface area (Å²) < 4.78 is 42.4. The number of nitrogens with zero attached hydrogens (tertiary/aromatic N) is 5. The van der Waals surface area contributed by atoms with Gasteiger partial charge in [-0.1, -0.05) is 24.3 Å². The lowest BCUT2D eigenvalue weighted by atomic mass is 10.1. The first-order chi connectivity index (χ1) is 15.7. The summed E-state index contributed by atoms with van der Waals surface area (Å²) in [5.74, 6) is 0.00217. The number of amides is 1. The second-order valence-electron chi connectivity index (χ2n) is 8.10. The molecule has 174 valence electrons. The van der Waals surface area contributed by atoms with Crippen LogP contribution in [0.3, 0.4) is 0 Å². The number of benzene rings is 1. The number of anilines is 1. The topological polar surface area (TPSA) is 66.3 Å². The van der Waals surface area contributed by atoms with Crippen molar-refractivity contribution in [2.24, 2.45) is 0 Å². The Bertz CT molecular complexity index is 1120. The van der Waals surface area contributed by atoms with Crippen LogP contribution in [0.5, 0.6) is 0 Å². The summed E-state index contributed by atoms with van der Waals surface area (Å²) in [7, 11) is 2.07. The number of carbonyl (C=O) groups is 1. The van der Waals surface area contributed by atoms with E-state index < -0.39 is 23.3 Å². The van der Waals surface area contributed by atoms with Gasteiger partial charge in [-0.25, -0.2) is 9.67 Å². The fourth-order valence-corrected chi connectivity index (χ4v) is 3.79. The van der Waals surface area contributed by atoms with Crippen LogP contribution < -0.4 is 10.2 Å². The van der Waals surface area contributed by atoms with Crippen LogP contribution in [0, 0.1) is 6.92 Å². The molecule has 33 heavy (non-hydrogen) atoms. The van der Waals surface area contributed by atoms with Gasteiger partial charge in [0.25, 0.3) is 5.91 Å². The van der Waals surface area contributed by atoms with Gasteiger partial charge in [0.05, 0.1) is 17.4 Å². The number of rotatable bonds is 5. The molecular weight excluding hydrogens is 433 g/mol. The molecule has 1 saturated heterocycles. The minimum absolute atomic E-state index is 0.0572. The number of aryl methyl sites for hydroxylation is 1. The highest BCUT2D eigenvalue weighted by atomic mass is 19.4. The number of aromatic nitrogens is 3. The van der Waals surface area contributed by atoms with Crippen molar-refractivity contribution in [2.75, 3.05) is 38.1 Å². The van der Waals surface area contributed by atoms with Gasteiger partial charge in [-0.05, 0) is 37.2 Å². The van der Waals surface area contributed by atoms with E-state index in [9.17, 15) is 18.0 Å². The van der Waals surface area contributed by atoms with Crippen molar-refractivity contribution in [3.05, 3.63) is 71.2 Å². The van der Waals surface area contributed by atoms with Crippen molar-refractivity contribution in [1.29, 1.82) is 0 Å². The SMILES string of the molecule is Cc1ccccc1-n1ncc(C(=O)NCc2ccc(N3CCN(C)CC3)nc2)c1C(F)(F)F. The van der Waals surface area contributed by atoms with E-state index in [2.05, 4.69) is 32.2 Å². The van der Waals surface area contributed by atoms with Crippen molar-refractivity contribution in [1.82, 2.24) is 25.0 Å². The third-order valence-electron chi connectivity index (χ3n) is 5.72. The third kappa shape index (κ3) is 5.00. The van der Waals surface area contributed by atoms with Gasteiger partial charge in [0.1, 0.15) is 5.82 Å². The van der Waals surface area contributed by atoms with E-state index in [1.54, 1.807) is 31.3 Å². The summed E-state index contributed by atoms with van der Waals surface area (Å²) in [6.07, 6.45) is -2.16. The first kappa shape index (κ1) is 22.8. The molecule has 0 atom stereocenters. The number of likely N-dealkylation sites (N-methyl/N-ethyl adjacent to an activating group) is 1. The van der Waals surface area contributed by atoms with E-state index in [0.717, 1.165) is 42.9 Å². The molecule has 1 fully saturated rings. The molecule has 1 N–H and O–H groups in total. The van der Waals surface area contributed by atoms with Gasteiger partial charge in [-0.2, -0.15) is 18.3 Å². The van der Waals surface area contributed by atoms with Crippen LogP contribution in [-0.4, -0.2) is 58.8 Å². The zero-order valence-electron chi connectivity index (χ0n) is 18.4. The number of alkyl halides is 3. The van der Waals surface area contributed by atoms with E-state index in [1.807, 2.05) is 12.1 Å². The van der Waals surface area contributed by atoms with Crippen molar-refractivity contribution >= 4 is 11.7 Å². The van der Waals surface area contributed by atoms with Gasteiger partial charge in [-0.15, -0.1) is 0 Å². The molecule has 7 nitrogen and oxygen atoms in total. The molecule has 4 rings (SSSR count). The van der Waals surface area contributed by atoms with E-state index in [-0.39, 0.29) is 12.2 Å². The van der Waals surface area contributed by atoms with Crippen LogP contribution in [-0.2, 0) is 12.7 Å². The van der Waals surface area contributed by atoms with E-state index in [1.165, 1.54) is 6.07 Å². The Morgan fingerprint density at radius 3 is 2.42 bits per heavy atom. The fraction of sp³-hybridized carbons (Fsp3) is 0.348. The van der Waals surface area contributed by atoms with E-state index in [0.29, 0.717) is 11.1 Å². The van der Waals surface area contributed by atoms with E-state index in [4.69, 9.17) is 0 Å². The van der Waals surface area contributed by atoms with Gasteiger partial charge in [0.15, 0.2) is 5.69 Å². The Morgan fingerprint density at radius 2 is 1.79 bits per heavy atom. The molecule has 0 saturated carbocycles. The van der Waals surface area contributed by atoms with Crippen LogP contribution in [0.15, 0.2) is 48.8 Å². The predicted molar refractivity (Wildman–Crippen MR) is 118 cm³/mol. The maximum absolute atomic E-state index is 13.9. The molecule has 3 heterocycles. The van der Waals surface area contributed by atoms with Crippen LogP contribution in [0.1, 0.15) is 27.2 Å². The minimum Gasteiger partial charge on any atom is -0.354 e. The molecule has 2 aromatic heterocycles. The first-order valence-corrected chi connectivity index (χ1v) is 10.6. The van der Waals surface area contributed by atoms with Gasteiger partial charge in [0.2, 0.25) is 0 Å². The standard InChI is InChI=1S/C23H25F3N6O/c1-16-5-3-4-6-19(16)32-21(23(24,25)26)18(15-29-32)22(33)28-14-17-7-8-20(27-13-17)31-11-9-30(2)10-12-31/h3-8,13,15H,9-12,14H2,1-2H3,(H,28,33). The highest BCUT2D eigenvalue weighted by Gasteiger charge is 2.40. The van der Waals surface area contributed by atoms with Crippen LogP contribution in [0.4, 0.5) is 19.0 Å². The first-order valence-electron chi connectivity index (χ1n) is 10.6. The average Bonchev–Trinajstić information content (AvgIpc) is 3.24. The highest BCUT2D eigenvalue weighted by Crippen LogP contribution is 2.34. The molecule has 1 amide bonds. The van der Waals surface area contributed by atoms with Crippen LogP contribution >= 0.6 is 0 Å². The lowest BCUT2D eigenvalue weighted by molar-refractivity contribution is -0.143. The van der Waals surface area contributed by atoms with Crippen molar-refractivity contribution in [2.45, 2.75) is 19.6 Å². The summed E-state index contributed by atoms with van der Waals surface area (Å²) >= 11 is 0. The van der Waals surface area contributed by atoms with Crippen LogP contribution in [0.2, 0.25) is 0 Å². The number of pyridine rings is 1. The van der Waals surface area contributed by atoms with Crippen molar-refractivity contribution in [3.63, 3.8) is 0 Å². The normalized spacial score (nSPS) is 15.0. The molecule has 1 aliphatic heterocycles. The van der Waals surface area contributed by atoms with Gasteiger partial charge in [0, 0.05) is 38.9 Å². The smallest absolute Gasteiger partial charge is 0.354 e. The second-order valence-corrected chi connectivity index (χ2v) is 8.10. The molecule has 10 heteroatoms. The van der Waals surface area contributed by atoms with Gasteiger partial charge < -0.3 is 15.1 Å². The Morgan fingerprint density at radius 1 is 1.06 bits per heavy atom. The molecule has 3 aromatic rings. The predicted octanol–water partition coefficient (Wildman–Crippen LogP) is 3.28. The third-order valence-corrected chi connectivity index (χ3v) is 5.72. The van der Waals surface area contributed by atoms with Crippen molar-refractivity contribution < 1.29 is 18.0 Å². The summed E-state index contributed by atoms with van der Waals surface area (Å²) in [5.41, 5.74) is -0.0381. The molecule has 0 bridgehead atoms. The Kier molecular flexibility index (Phi) is 6.37. The van der Waals surface area contributed by atoms with E-state index >= 15 is 0 Å². The summed E-state index contributed by atoms with van der Waals surface area (Å²) in [5, 5.41) is 6.43. The fourth-order valence-electron chi connectivity index (χ4n) is 3.79. The van der Waals surface area contributed by atoms with Crippen LogP contribution in [0.25, 0.3) is 5.69 Å². The minimum atomic E-state index is -4.75. The molecule has 0 spiro atoms. The zero-order valence-corrected chi connectivity index (χ0v) is 18.4. The lowest BCUT2D eigenvalue weighted by Gasteiger charge is -2.33. The maximum Gasteiger partial charge on any atom is 0.434 e. The molecule has 1 aliphatic rings. The van der Waals surface area contributed by atoms with Gasteiger partial charge >= 0.3 is 6.18 Å². The molecular formula is C23H25F3N6O.